The van der Waals surface area contributed by atoms with Crippen molar-refractivity contribution >= 4 is 21.8 Å². The lowest BCUT2D eigenvalue weighted by Crippen LogP contribution is -2.46. The van der Waals surface area contributed by atoms with Crippen LogP contribution in [0.15, 0.2) is 18.2 Å². The van der Waals surface area contributed by atoms with Crippen LogP contribution in [0, 0.1) is 5.82 Å². The molecule has 0 aliphatic heterocycles. The van der Waals surface area contributed by atoms with Crippen molar-refractivity contribution in [2.75, 3.05) is 5.33 Å². The van der Waals surface area contributed by atoms with Crippen molar-refractivity contribution in [3.63, 3.8) is 0 Å². The Balaban J connectivity index is 2.95. The third kappa shape index (κ3) is 3.45. The second-order valence-electron chi connectivity index (χ2n) is 4.44. The van der Waals surface area contributed by atoms with Gasteiger partial charge < -0.3 is 10.4 Å². The van der Waals surface area contributed by atoms with E-state index in [2.05, 4.69) is 21.2 Å². The molecule has 0 radical (unpaired) electrons. The molecule has 5 heteroatoms. The lowest BCUT2D eigenvalue weighted by atomic mass is 9.95. The zero-order valence-corrected chi connectivity index (χ0v) is 12.1. The summed E-state index contributed by atoms with van der Waals surface area (Å²) in [5.41, 5.74) is -0.721. The molecule has 0 aromatic heterocycles. The molecule has 1 aromatic carbocycles. The molecule has 0 fully saturated rings. The van der Waals surface area contributed by atoms with Gasteiger partial charge in [-0.05, 0) is 31.9 Å². The molecule has 100 valence electrons. The van der Waals surface area contributed by atoms with E-state index in [4.69, 9.17) is 0 Å². The van der Waals surface area contributed by atoms with E-state index in [1.807, 2.05) is 13.8 Å². The van der Waals surface area contributed by atoms with E-state index in [0.717, 1.165) is 24.2 Å². The molecule has 2 N–H and O–H groups in total. The van der Waals surface area contributed by atoms with E-state index >= 15 is 0 Å². The Kier molecular flexibility index (Phi) is 5.14. The van der Waals surface area contributed by atoms with Crippen molar-refractivity contribution in [2.24, 2.45) is 0 Å². The van der Waals surface area contributed by atoms with Crippen LogP contribution in [0.25, 0.3) is 0 Å². The number of amides is 1. The molecule has 1 unspecified atom stereocenters. The molecule has 1 aromatic rings. The molecule has 0 aliphatic rings. The molecule has 3 nitrogen and oxygen atoms in total. The molecule has 0 spiro atoms. The van der Waals surface area contributed by atoms with Gasteiger partial charge in [-0.25, -0.2) is 4.39 Å². The largest absolute Gasteiger partial charge is 0.507 e. The van der Waals surface area contributed by atoms with Gasteiger partial charge in [0.25, 0.3) is 5.91 Å². The summed E-state index contributed by atoms with van der Waals surface area (Å²) < 4.78 is 13.5. The van der Waals surface area contributed by atoms with Crippen LogP contribution in [0.4, 0.5) is 4.39 Å². The van der Waals surface area contributed by atoms with Gasteiger partial charge in [-0.3, -0.25) is 4.79 Å². The molecular formula is C13H17BrFNO2. The smallest absolute Gasteiger partial charge is 0.258 e. The summed E-state index contributed by atoms with van der Waals surface area (Å²) >= 11 is 3.33. The Morgan fingerprint density at radius 3 is 2.72 bits per heavy atom. The molecule has 0 bridgehead atoms. The van der Waals surface area contributed by atoms with Crippen LogP contribution in [-0.2, 0) is 0 Å². The van der Waals surface area contributed by atoms with Crippen LogP contribution >= 0.6 is 15.9 Å². The molecule has 18 heavy (non-hydrogen) atoms. The second kappa shape index (κ2) is 6.18. The van der Waals surface area contributed by atoms with Gasteiger partial charge in [-0.2, -0.15) is 0 Å². The molecule has 0 saturated carbocycles. The predicted molar refractivity (Wildman–Crippen MR) is 72.6 cm³/mol. The highest BCUT2D eigenvalue weighted by molar-refractivity contribution is 9.09. The summed E-state index contributed by atoms with van der Waals surface area (Å²) in [6.45, 7) is 3.84. The van der Waals surface area contributed by atoms with Crippen LogP contribution in [0.2, 0.25) is 0 Å². The van der Waals surface area contributed by atoms with Crippen LogP contribution in [0.5, 0.6) is 5.75 Å². The summed E-state index contributed by atoms with van der Waals surface area (Å²) in [6.07, 6.45) is 1.45. The number of halogens is 2. The third-order valence-electron chi connectivity index (χ3n) is 3.06. The van der Waals surface area contributed by atoms with Gasteiger partial charge in [-0.15, -0.1) is 0 Å². The molecule has 0 heterocycles. The fourth-order valence-corrected chi connectivity index (χ4v) is 2.49. The van der Waals surface area contributed by atoms with Crippen LogP contribution in [0.3, 0.4) is 0 Å². The number of hydrogen-bond acceptors (Lipinski definition) is 2. The maximum Gasteiger partial charge on any atom is 0.258 e. The number of phenols is 1. The first-order chi connectivity index (χ1) is 8.43. The van der Waals surface area contributed by atoms with Gasteiger partial charge in [0.2, 0.25) is 0 Å². The first-order valence-electron chi connectivity index (χ1n) is 5.79. The Hall–Kier alpha value is -1.10. The van der Waals surface area contributed by atoms with Crippen molar-refractivity contribution in [3.05, 3.63) is 29.6 Å². The summed E-state index contributed by atoms with van der Waals surface area (Å²) in [5, 5.41) is 13.1. The SMILES string of the molecule is CCC(C)(CCBr)NC(=O)c1c(O)cccc1F. The minimum Gasteiger partial charge on any atom is -0.507 e. The normalized spacial score (nSPS) is 14.0. The maximum absolute atomic E-state index is 13.5. The summed E-state index contributed by atoms with van der Waals surface area (Å²) in [5.74, 6) is -1.65. The van der Waals surface area contributed by atoms with Crippen molar-refractivity contribution in [2.45, 2.75) is 32.2 Å². The second-order valence-corrected chi connectivity index (χ2v) is 5.23. The number of rotatable bonds is 5. The summed E-state index contributed by atoms with van der Waals surface area (Å²) in [4.78, 5) is 12.0. The average molecular weight is 318 g/mol. The van der Waals surface area contributed by atoms with E-state index in [-0.39, 0.29) is 11.3 Å². The number of alkyl halides is 1. The number of nitrogens with one attached hydrogen (secondary N) is 1. The maximum atomic E-state index is 13.5. The number of aromatic hydroxyl groups is 1. The quantitative estimate of drug-likeness (QED) is 0.819. The first-order valence-corrected chi connectivity index (χ1v) is 6.91. The van der Waals surface area contributed by atoms with Crippen molar-refractivity contribution < 1.29 is 14.3 Å². The van der Waals surface area contributed by atoms with Gasteiger partial charge in [-0.1, -0.05) is 28.9 Å². The Bertz CT molecular complexity index is 419. The van der Waals surface area contributed by atoms with E-state index in [9.17, 15) is 14.3 Å². The fraction of sp³-hybridized carbons (Fsp3) is 0.462. The minimum atomic E-state index is -0.718. The van der Waals surface area contributed by atoms with Gasteiger partial charge in [0, 0.05) is 10.9 Å². The highest BCUT2D eigenvalue weighted by atomic mass is 79.9. The van der Waals surface area contributed by atoms with Gasteiger partial charge >= 0.3 is 0 Å². The van der Waals surface area contributed by atoms with Crippen LogP contribution in [0.1, 0.15) is 37.0 Å². The molecule has 0 saturated heterocycles. The molecule has 1 rings (SSSR count). The van der Waals surface area contributed by atoms with Gasteiger partial charge in [0.05, 0.1) is 0 Å². The summed E-state index contributed by atoms with van der Waals surface area (Å²) in [6, 6.07) is 3.81. The van der Waals surface area contributed by atoms with Gasteiger partial charge in [0.1, 0.15) is 17.1 Å². The Morgan fingerprint density at radius 2 is 2.22 bits per heavy atom. The zero-order chi connectivity index (χ0) is 13.8. The monoisotopic (exact) mass is 317 g/mol. The van der Waals surface area contributed by atoms with E-state index in [0.29, 0.717) is 0 Å². The third-order valence-corrected chi connectivity index (χ3v) is 3.46. The molecule has 1 atom stereocenters. The fourth-order valence-electron chi connectivity index (χ4n) is 1.61. The van der Waals surface area contributed by atoms with Gasteiger partial charge in [0.15, 0.2) is 0 Å². The highest BCUT2D eigenvalue weighted by Crippen LogP contribution is 2.22. The van der Waals surface area contributed by atoms with Crippen LogP contribution < -0.4 is 5.32 Å². The summed E-state index contributed by atoms with van der Waals surface area (Å²) in [7, 11) is 0. The number of carbonyl (C=O) groups is 1. The number of hydrogen-bond donors (Lipinski definition) is 2. The van der Waals surface area contributed by atoms with Crippen molar-refractivity contribution in [1.29, 1.82) is 0 Å². The zero-order valence-electron chi connectivity index (χ0n) is 10.5. The lowest BCUT2D eigenvalue weighted by molar-refractivity contribution is 0.0894. The van der Waals surface area contributed by atoms with E-state index in [1.165, 1.54) is 12.1 Å². The number of benzene rings is 1. The minimum absolute atomic E-state index is 0.299. The standard InChI is InChI=1S/C13H17BrFNO2/c1-3-13(2,7-8-14)16-12(18)11-9(15)5-4-6-10(11)17/h4-6,17H,3,7-8H2,1-2H3,(H,16,18). The highest BCUT2D eigenvalue weighted by Gasteiger charge is 2.26. The van der Waals surface area contributed by atoms with Crippen LogP contribution in [-0.4, -0.2) is 21.9 Å². The van der Waals surface area contributed by atoms with Crippen molar-refractivity contribution in [3.8, 4) is 5.75 Å². The molecule has 1 amide bonds. The molecule has 0 aliphatic carbocycles. The lowest BCUT2D eigenvalue weighted by Gasteiger charge is -2.29. The average Bonchev–Trinajstić information content (AvgIpc) is 2.29. The topological polar surface area (TPSA) is 49.3 Å². The Morgan fingerprint density at radius 1 is 1.56 bits per heavy atom. The van der Waals surface area contributed by atoms with E-state index in [1.54, 1.807) is 0 Å². The Labute approximate surface area is 115 Å². The molecular weight excluding hydrogens is 301 g/mol. The first kappa shape index (κ1) is 15.0. The van der Waals surface area contributed by atoms with Crippen molar-refractivity contribution in [1.82, 2.24) is 5.32 Å². The predicted octanol–water partition coefficient (Wildman–Crippen LogP) is 3.21. The number of phenolic OH excluding ortho intramolecular Hbond substituents is 1. The number of carbonyl (C=O) groups excluding carboxylic acids is 1. The van der Waals surface area contributed by atoms with E-state index < -0.39 is 17.3 Å².